The summed E-state index contributed by atoms with van der Waals surface area (Å²) in [4.78, 5) is 0. The summed E-state index contributed by atoms with van der Waals surface area (Å²) in [6, 6.07) is 0. The van der Waals surface area contributed by atoms with Crippen molar-refractivity contribution in [3.8, 4) is 0 Å². The van der Waals surface area contributed by atoms with Gasteiger partial charge < -0.3 is 39.4 Å². The first-order chi connectivity index (χ1) is 14.0. The third kappa shape index (κ3) is 2.88. The Morgan fingerprint density at radius 1 is 1.03 bits per heavy atom. The lowest BCUT2D eigenvalue weighted by atomic mass is 9.43. The molecule has 2 aliphatic heterocycles. The fourth-order valence-electron chi connectivity index (χ4n) is 7.01. The first-order valence-electron chi connectivity index (χ1n) is 11.1. The molecule has 11 atom stereocenters. The molecule has 0 bridgehead atoms. The molecule has 4 N–H and O–H groups in total. The van der Waals surface area contributed by atoms with Gasteiger partial charge >= 0.3 is 0 Å². The number of methoxy groups -OCH3 is 2. The Morgan fingerprint density at radius 2 is 1.70 bits per heavy atom. The van der Waals surface area contributed by atoms with E-state index in [1.54, 1.807) is 0 Å². The van der Waals surface area contributed by atoms with Crippen LogP contribution in [0.5, 0.6) is 0 Å². The Balaban J connectivity index is 1.61. The van der Waals surface area contributed by atoms with Gasteiger partial charge in [-0.15, -0.1) is 0 Å². The monoisotopic (exact) mass is 430 g/mol. The summed E-state index contributed by atoms with van der Waals surface area (Å²) in [7, 11) is 2.86. The van der Waals surface area contributed by atoms with E-state index in [1.807, 2.05) is 0 Å². The van der Waals surface area contributed by atoms with Gasteiger partial charge in [0.2, 0.25) is 0 Å². The van der Waals surface area contributed by atoms with Crippen LogP contribution in [0.15, 0.2) is 0 Å². The van der Waals surface area contributed by atoms with Crippen LogP contribution >= 0.6 is 0 Å². The van der Waals surface area contributed by atoms with Crippen molar-refractivity contribution in [3.05, 3.63) is 0 Å². The van der Waals surface area contributed by atoms with Crippen LogP contribution in [0.25, 0.3) is 0 Å². The Hall–Kier alpha value is -0.320. The number of hydrogen-bond donors (Lipinski definition) is 4. The number of aliphatic hydroxyl groups is 4. The number of hydrogen-bond acceptors (Lipinski definition) is 8. The maximum Gasteiger partial charge on any atom is 0.191 e. The molecule has 4 fully saturated rings. The average Bonchev–Trinajstić information content (AvgIpc) is 3.49. The van der Waals surface area contributed by atoms with E-state index in [-0.39, 0.29) is 23.2 Å². The van der Waals surface area contributed by atoms with Gasteiger partial charge in [0.15, 0.2) is 12.6 Å². The number of epoxide rings is 1. The minimum atomic E-state index is -1.59. The summed E-state index contributed by atoms with van der Waals surface area (Å²) in [6.45, 7) is 7.09. The lowest BCUT2D eigenvalue weighted by molar-refractivity contribution is -0.225. The lowest BCUT2D eigenvalue weighted by Crippen LogP contribution is -2.65. The molecule has 2 heterocycles. The van der Waals surface area contributed by atoms with Crippen molar-refractivity contribution in [1.82, 2.24) is 0 Å². The van der Waals surface area contributed by atoms with Crippen LogP contribution in [0.3, 0.4) is 0 Å². The van der Waals surface area contributed by atoms with Crippen LogP contribution in [0.1, 0.15) is 52.9 Å². The van der Waals surface area contributed by atoms with E-state index in [9.17, 15) is 20.4 Å². The highest BCUT2D eigenvalue weighted by molar-refractivity contribution is 5.21. The standard InChI is InChI=1S/C22H38O8/c1-12-6-7-20(3)14(10-13(23)15(24)22(20)11-29-22)19(12,2)8-9-21(26)16(25)17(27-4)30-18(21)28-5/h12-18,23-26H,6-11H2,1-5H3/t12-,13+,14-,15+,16-,17-,18+,19+,20+,21+,22+/m1/s1. The second kappa shape index (κ2) is 7.35. The Labute approximate surface area is 178 Å². The van der Waals surface area contributed by atoms with E-state index in [0.717, 1.165) is 12.8 Å². The normalized spacial score (nSPS) is 58.1. The molecule has 4 rings (SSSR count). The fourth-order valence-corrected chi connectivity index (χ4v) is 7.01. The first-order valence-corrected chi connectivity index (χ1v) is 11.1. The van der Waals surface area contributed by atoms with Crippen LogP contribution in [0.2, 0.25) is 0 Å². The minimum Gasteiger partial charge on any atom is -0.390 e. The van der Waals surface area contributed by atoms with Crippen LogP contribution < -0.4 is 0 Å². The molecule has 1 spiro atoms. The van der Waals surface area contributed by atoms with Crippen LogP contribution in [-0.4, -0.2) is 83.3 Å². The average molecular weight is 431 g/mol. The van der Waals surface area contributed by atoms with E-state index < -0.39 is 42.1 Å². The molecule has 0 amide bonds. The first kappa shape index (κ1) is 22.9. The molecule has 0 radical (unpaired) electrons. The van der Waals surface area contributed by atoms with Crippen LogP contribution in [0.4, 0.5) is 0 Å². The molecule has 0 aromatic rings. The van der Waals surface area contributed by atoms with Gasteiger partial charge in [0, 0.05) is 19.6 Å². The summed E-state index contributed by atoms with van der Waals surface area (Å²) < 4.78 is 21.9. The van der Waals surface area contributed by atoms with Crippen molar-refractivity contribution in [3.63, 3.8) is 0 Å². The van der Waals surface area contributed by atoms with Crippen molar-refractivity contribution >= 4 is 0 Å². The smallest absolute Gasteiger partial charge is 0.191 e. The van der Waals surface area contributed by atoms with Gasteiger partial charge in [0.1, 0.15) is 23.4 Å². The summed E-state index contributed by atoms with van der Waals surface area (Å²) in [5.74, 6) is 0.452. The largest absolute Gasteiger partial charge is 0.390 e. The molecular weight excluding hydrogens is 392 g/mol. The Bertz CT molecular complexity index is 651. The summed E-state index contributed by atoms with van der Waals surface area (Å²) in [5, 5.41) is 43.4. The number of fused-ring (bicyclic) bond motifs is 2. The molecule has 0 aromatic carbocycles. The van der Waals surface area contributed by atoms with Gasteiger partial charge in [-0.05, 0) is 49.4 Å². The fraction of sp³-hybridized carbons (Fsp3) is 1.00. The predicted octanol–water partition coefficient (Wildman–Crippen LogP) is 0.787. The van der Waals surface area contributed by atoms with Gasteiger partial charge in [-0.25, -0.2) is 0 Å². The lowest BCUT2D eigenvalue weighted by Gasteiger charge is -2.62. The van der Waals surface area contributed by atoms with Crippen molar-refractivity contribution in [2.75, 3.05) is 20.8 Å². The van der Waals surface area contributed by atoms with E-state index >= 15 is 0 Å². The number of ether oxygens (including phenoxy) is 4. The maximum atomic E-state index is 11.3. The third-order valence-electron chi connectivity index (χ3n) is 9.48. The molecular formula is C22H38O8. The van der Waals surface area contributed by atoms with Gasteiger partial charge in [-0.2, -0.15) is 0 Å². The zero-order chi connectivity index (χ0) is 22.1. The second-order valence-corrected chi connectivity index (χ2v) is 10.6. The molecule has 2 saturated heterocycles. The summed E-state index contributed by atoms with van der Waals surface area (Å²) in [5.41, 5.74) is -2.76. The number of aliphatic hydroxyl groups excluding tert-OH is 3. The van der Waals surface area contributed by atoms with Crippen molar-refractivity contribution in [1.29, 1.82) is 0 Å². The van der Waals surface area contributed by atoms with Gasteiger partial charge in [0.25, 0.3) is 0 Å². The predicted molar refractivity (Wildman–Crippen MR) is 106 cm³/mol. The molecule has 8 nitrogen and oxygen atoms in total. The zero-order valence-corrected chi connectivity index (χ0v) is 18.7. The minimum absolute atomic E-state index is 0.108. The maximum absolute atomic E-state index is 11.3. The third-order valence-corrected chi connectivity index (χ3v) is 9.48. The molecule has 2 aliphatic carbocycles. The zero-order valence-electron chi connectivity index (χ0n) is 18.7. The molecule has 0 unspecified atom stereocenters. The molecule has 174 valence electrons. The molecule has 4 aliphatic rings. The highest BCUT2D eigenvalue weighted by Crippen LogP contribution is 2.68. The molecule has 2 saturated carbocycles. The van der Waals surface area contributed by atoms with Crippen molar-refractivity contribution in [2.24, 2.45) is 22.7 Å². The van der Waals surface area contributed by atoms with E-state index in [2.05, 4.69) is 20.8 Å². The Kier molecular flexibility index (Phi) is 5.60. The van der Waals surface area contributed by atoms with Gasteiger partial charge in [-0.3, -0.25) is 0 Å². The van der Waals surface area contributed by atoms with Crippen molar-refractivity contribution in [2.45, 2.75) is 95.0 Å². The van der Waals surface area contributed by atoms with E-state index in [0.29, 0.717) is 25.4 Å². The molecule has 30 heavy (non-hydrogen) atoms. The quantitative estimate of drug-likeness (QED) is 0.473. The van der Waals surface area contributed by atoms with E-state index in [4.69, 9.17) is 18.9 Å². The van der Waals surface area contributed by atoms with Crippen molar-refractivity contribution < 1.29 is 39.4 Å². The summed E-state index contributed by atoms with van der Waals surface area (Å²) in [6.07, 6.45) is -1.57. The molecule has 0 aromatic heterocycles. The number of rotatable bonds is 5. The summed E-state index contributed by atoms with van der Waals surface area (Å²) >= 11 is 0. The van der Waals surface area contributed by atoms with Crippen LogP contribution in [0, 0.1) is 22.7 Å². The van der Waals surface area contributed by atoms with Gasteiger partial charge in [0.05, 0.1) is 12.7 Å². The van der Waals surface area contributed by atoms with Gasteiger partial charge in [-0.1, -0.05) is 20.8 Å². The highest BCUT2D eigenvalue weighted by atomic mass is 16.8. The topological polar surface area (TPSA) is 121 Å². The highest BCUT2D eigenvalue weighted by Gasteiger charge is 2.73. The van der Waals surface area contributed by atoms with E-state index in [1.165, 1.54) is 14.2 Å². The molecule has 8 heteroatoms. The SMILES string of the molecule is CO[C@@H]1O[C@H](OC)[C@](O)(CC[C@@]2(C)[C@H](C)CC[C@@]3(C)[C@@H]2C[C@H](O)[C@H](O)[C@@]32CO2)[C@@H]1O. The second-order valence-electron chi connectivity index (χ2n) is 10.6. The Morgan fingerprint density at radius 3 is 2.27 bits per heavy atom. The van der Waals surface area contributed by atoms with Crippen LogP contribution in [-0.2, 0) is 18.9 Å².